The Labute approximate surface area is 250 Å². The molecule has 8 aromatic carbocycles. The zero-order chi connectivity index (χ0) is 36.9. The van der Waals surface area contributed by atoms with Crippen LogP contribution >= 0.6 is 0 Å². The lowest BCUT2D eigenvalue weighted by Crippen LogP contribution is -1.92. The Morgan fingerprint density at radius 1 is 0.350 bits per heavy atom. The Morgan fingerprint density at radius 2 is 1.00 bits per heavy atom. The van der Waals surface area contributed by atoms with Crippen molar-refractivity contribution in [3.63, 3.8) is 0 Å². The van der Waals surface area contributed by atoms with Gasteiger partial charge in [-0.05, 0) is 82.5 Å². The molecule has 0 spiro atoms. The lowest BCUT2D eigenvalue weighted by atomic mass is 9.84. The molecule has 0 saturated carbocycles. The van der Waals surface area contributed by atoms with Gasteiger partial charge in [0.1, 0.15) is 0 Å². The molecule has 0 bridgehead atoms. The molecule has 0 amide bonds. The van der Waals surface area contributed by atoms with E-state index in [4.69, 9.17) is 12.3 Å². The highest BCUT2D eigenvalue weighted by Gasteiger charge is 2.18. The van der Waals surface area contributed by atoms with Gasteiger partial charge in [-0.25, -0.2) is 0 Å². The molecule has 0 radical (unpaired) electrons. The molecule has 0 heteroatoms. The van der Waals surface area contributed by atoms with Crippen LogP contribution in [-0.4, -0.2) is 0 Å². The SMILES string of the molecule is [2H]c1c([2H])c([2H])c(-c2c3ccccc3c(-c3c([2H])c([2H])c([2H])c4c(-c5ccc6ccccc6c5)cccc34)c3c([2H])c([2H])c([2H])c([2H])c23)c([2H])c1[2H]. The molecule has 0 aliphatic rings. The van der Waals surface area contributed by atoms with Crippen molar-refractivity contribution in [2.24, 2.45) is 0 Å². The molecular weight excluding hydrogens is 480 g/mol. The van der Waals surface area contributed by atoms with Gasteiger partial charge in [0.25, 0.3) is 0 Å². The number of fused-ring (bicyclic) bond motifs is 4. The molecule has 40 heavy (non-hydrogen) atoms. The third-order valence-electron chi connectivity index (χ3n) is 7.42. The molecule has 0 fully saturated rings. The van der Waals surface area contributed by atoms with E-state index in [1.54, 1.807) is 36.4 Å². The largest absolute Gasteiger partial charge is 0.0629 e. The van der Waals surface area contributed by atoms with Crippen molar-refractivity contribution in [1.82, 2.24) is 0 Å². The summed E-state index contributed by atoms with van der Waals surface area (Å²) in [4.78, 5) is 0. The summed E-state index contributed by atoms with van der Waals surface area (Å²) in [5.41, 5.74) is 1.64. The van der Waals surface area contributed by atoms with Gasteiger partial charge in [-0.15, -0.1) is 0 Å². The van der Waals surface area contributed by atoms with Crippen molar-refractivity contribution < 1.29 is 16.4 Å². The number of hydrogen-bond donors (Lipinski definition) is 0. The fourth-order valence-corrected chi connectivity index (χ4v) is 5.68. The van der Waals surface area contributed by atoms with Crippen LogP contribution in [0, 0.1) is 0 Å². The smallest absolute Gasteiger partial charge is 0.0622 e. The van der Waals surface area contributed by atoms with Gasteiger partial charge in [0.05, 0.1) is 16.4 Å². The van der Waals surface area contributed by atoms with Crippen LogP contribution in [0.15, 0.2) is 157 Å². The maximum absolute atomic E-state index is 9.35. The molecule has 8 rings (SSSR count). The Hall–Kier alpha value is -5.20. The second kappa shape index (κ2) is 9.22. The van der Waals surface area contributed by atoms with Crippen molar-refractivity contribution in [2.75, 3.05) is 0 Å². The van der Waals surface area contributed by atoms with Crippen LogP contribution in [-0.2, 0) is 0 Å². The van der Waals surface area contributed by atoms with E-state index in [1.165, 1.54) is 0 Å². The molecule has 0 nitrogen and oxygen atoms in total. The molecular formula is C40H26. The second-order valence-corrected chi connectivity index (χ2v) is 9.59. The molecule has 0 heterocycles. The summed E-state index contributed by atoms with van der Waals surface area (Å²) in [6.45, 7) is 0. The first-order chi connectivity index (χ1) is 24.8. The average Bonchev–Trinajstić information content (AvgIpc) is 3.16. The van der Waals surface area contributed by atoms with E-state index in [2.05, 4.69) is 0 Å². The summed E-state index contributed by atoms with van der Waals surface area (Å²) in [7, 11) is 0. The third-order valence-corrected chi connectivity index (χ3v) is 7.42. The molecule has 0 aliphatic heterocycles. The fraction of sp³-hybridized carbons (Fsp3) is 0. The molecule has 186 valence electrons. The molecule has 0 aliphatic carbocycles. The standard InChI is InChI=1S/C40H26/c1-2-13-28(14-3-1)39-35-16-6-8-18-37(35)40(38-19-9-7-17-36(38)39)34-23-11-21-32-31(20-10-22-33(32)34)30-25-24-27-12-4-5-15-29(27)26-30/h1-26H/i1D,2D,3D,6D,8D,11D,13D,14D,16D,18D,21D,23D. The Kier molecular flexibility index (Phi) is 3.17. The van der Waals surface area contributed by atoms with Crippen molar-refractivity contribution in [2.45, 2.75) is 0 Å². The number of rotatable bonds is 3. The van der Waals surface area contributed by atoms with Gasteiger partial charge in [-0.1, -0.05) is 151 Å². The van der Waals surface area contributed by atoms with E-state index < -0.39 is 54.4 Å². The first-order valence-corrected chi connectivity index (χ1v) is 12.9. The van der Waals surface area contributed by atoms with Crippen LogP contribution in [0.3, 0.4) is 0 Å². The van der Waals surface area contributed by atoms with Gasteiger partial charge in [-0.2, -0.15) is 0 Å². The minimum atomic E-state index is -0.600. The van der Waals surface area contributed by atoms with Crippen molar-refractivity contribution >= 4 is 43.1 Å². The van der Waals surface area contributed by atoms with Gasteiger partial charge >= 0.3 is 0 Å². The number of benzene rings is 8. The normalized spacial score (nSPS) is 15.7. The Bertz CT molecular complexity index is 2850. The van der Waals surface area contributed by atoms with E-state index in [1.807, 2.05) is 48.5 Å². The fourth-order valence-electron chi connectivity index (χ4n) is 5.68. The van der Waals surface area contributed by atoms with E-state index in [0.29, 0.717) is 27.1 Å². The minimum Gasteiger partial charge on any atom is -0.0622 e. The monoisotopic (exact) mass is 518 g/mol. The van der Waals surface area contributed by atoms with Crippen LogP contribution in [0.1, 0.15) is 16.4 Å². The van der Waals surface area contributed by atoms with Gasteiger partial charge in [0.15, 0.2) is 0 Å². The lowest BCUT2D eigenvalue weighted by Gasteiger charge is -2.19. The van der Waals surface area contributed by atoms with Gasteiger partial charge in [0, 0.05) is 0 Å². The van der Waals surface area contributed by atoms with Crippen molar-refractivity contribution in [3.05, 3.63) is 157 Å². The van der Waals surface area contributed by atoms with E-state index in [9.17, 15) is 4.11 Å². The predicted octanol–water partition coefficient (Wildman–Crippen LogP) is 11.3. The lowest BCUT2D eigenvalue weighted by molar-refractivity contribution is 1.65. The summed E-state index contributed by atoms with van der Waals surface area (Å²) in [5.74, 6) is 0. The highest BCUT2D eigenvalue weighted by molar-refractivity contribution is 6.24. The van der Waals surface area contributed by atoms with E-state index in [-0.39, 0.29) is 51.2 Å². The van der Waals surface area contributed by atoms with E-state index in [0.717, 1.165) is 16.3 Å². The van der Waals surface area contributed by atoms with Gasteiger partial charge in [0.2, 0.25) is 0 Å². The maximum atomic E-state index is 9.35. The van der Waals surface area contributed by atoms with E-state index >= 15 is 0 Å². The first-order valence-electron chi connectivity index (χ1n) is 18.9. The highest BCUT2D eigenvalue weighted by atomic mass is 14.2. The second-order valence-electron chi connectivity index (χ2n) is 9.59. The molecule has 0 N–H and O–H groups in total. The summed E-state index contributed by atoms with van der Waals surface area (Å²) in [6.07, 6.45) is 0. The molecule has 8 aromatic rings. The first kappa shape index (κ1) is 13.7. The van der Waals surface area contributed by atoms with Crippen LogP contribution in [0.2, 0.25) is 0 Å². The minimum absolute atomic E-state index is 0.0328. The Morgan fingerprint density at radius 3 is 1.82 bits per heavy atom. The number of hydrogen-bond acceptors (Lipinski definition) is 0. The summed E-state index contributed by atoms with van der Waals surface area (Å²) in [6, 6.07) is 20.1. The quantitative estimate of drug-likeness (QED) is 0.204. The maximum Gasteiger partial charge on any atom is 0.0629 e. The molecule has 0 atom stereocenters. The zero-order valence-electron chi connectivity index (χ0n) is 33.1. The summed E-state index contributed by atoms with van der Waals surface area (Å²) in [5, 5.41) is 3.40. The zero-order valence-corrected chi connectivity index (χ0v) is 21.1. The van der Waals surface area contributed by atoms with Crippen LogP contribution in [0.4, 0.5) is 0 Å². The molecule has 0 unspecified atom stereocenters. The third kappa shape index (κ3) is 3.54. The average molecular weight is 519 g/mol. The van der Waals surface area contributed by atoms with Crippen molar-refractivity contribution in [1.29, 1.82) is 0 Å². The van der Waals surface area contributed by atoms with Crippen molar-refractivity contribution in [3.8, 4) is 33.4 Å². The van der Waals surface area contributed by atoms with Gasteiger partial charge in [-0.3, -0.25) is 0 Å². The van der Waals surface area contributed by atoms with Crippen LogP contribution < -0.4 is 0 Å². The summed E-state index contributed by atoms with van der Waals surface area (Å²) >= 11 is 0. The summed E-state index contributed by atoms with van der Waals surface area (Å²) < 4.78 is 106. The van der Waals surface area contributed by atoms with Crippen LogP contribution in [0.25, 0.3) is 76.5 Å². The van der Waals surface area contributed by atoms with Gasteiger partial charge < -0.3 is 0 Å². The topological polar surface area (TPSA) is 0 Å². The highest BCUT2D eigenvalue weighted by Crippen LogP contribution is 2.46. The molecule has 0 aromatic heterocycles. The van der Waals surface area contributed by atoms with Crippen LogP contribution in [0.5, 0.6) is 0 Å². The molecule has 0 saturated heterocycles. The Balaban J connectivity index is 1.62. The predicted molar refractivity (Wildman–Crippen MR) is 173 cm³/mol.